The Hall–Kier alpha value is -3.74. The van der Waals surface area contributed by atoms with Gasteiger partial charge >= 0.3 is 0 Å². The maximum Gasteiger partial charge on any atom is 0.255 e. The number of amides is 1. The Bertz CT molecular complexity index is 1100. The Morgan fingerprint density at radius 2 is 1.86 bits per heavy atom. The summed E-state index contributed by atoms with van der Waals surface area (Å²) in [6.07, 6.45) is 3.17. The predicted octanol–water partition coefficient (Wildman–Crippen LogP) is 3.38. The predicted molar refractivity (Wildman–Crippen MR) is 107 cm³/mol. The molecular formula is C21H20N6O. The van der Waals surface area contributed by atoms with Crippen molar-refractivity contribution in [2.24, 2.45) is 0 Å². The number of anilines is 1. The lowest BCUT2D eigenvalue weighted by molar-refractivity contribution is 0.102. The van der Waals surface area contributed by atoms with Gasteiger partial charge in [-0.1, -0.05) is 24.3 Å². The van der Waals surface area contributed by atoms with Crippen molar-refractivity contribution in [1.29, 1.82) is 0 Å². The van der Waals surface area contributed by atoms with Crippen LogP contribution in [-0.4, -0.2) is 30.5 Å². The first-order chi connectivity index (χ1) is 13.6. The highest BCUT2D eigenvalue weighted by molar-refractivity contribution is 6.05. The zero-order valence-corrected chi connectivity index (χ0v) is 15.7. The molecule has 0 aliphatic carbocycles. The van der Waals surface area contributed by atoms with Gasteiger partial charge in [0.25, 0.3) is 5.91 Å². The van der Waals surface area contributed by atoms with Crippen LogP contribution in [0.2, 0.25) is 0 Å². The highest BCUT2D eigenvalue weighted by Crippen LogP contribution is 2.22. The number of aromatic nitrogens is 5. The Kier molecular flexibility index (Phi) is 4.72. The summed E-state index contributed by atoms with van der Waals surface area (Å²) < 4.78 is 3.58. The summed E-state index contributed by atoms with van der Waals surface area (Å²) in [5.41, 5.74) is 5.13. The molecule has 0 radical (unpaired) electrons. The van der Waals surface area contributed by atoms with E-state index in [0.717, 1.165) is 22.6 Å². The van der Waals surface area contributed by atoms with Gasteiger partial charge in [-0.3, -0.25) is 4.79 Å². The topological polar surface area (TPSA) is 77.6 Å². The lowest BCUT2D eigenvalue weighted by Crippen LogP contribution is -2.14. The maximum absolute atomic E-state index is 12.7. The Balaban J connectivity index is 1.53. The van der Waals surface area contributed by atoms with Crippen molar-refractivity contribution in [2.45, 2.75) is 20.4 Å². The van der Waals surface area contributed by atoms with Crippen molar-refractivity contribution in [3.8, 4) is 5.69 Å². The summed E-state index contributed by atoms with van der Waals surface area (Å²) >= 11 is 0. The first kappa shape index (κ1) is 17.7. The number of aryl methyl sites for hydroxylation is 2. The van der Waals surface area contributed by atoms with Crippen molar-refractivity contribution in [1.82, 2.24) is 24.5 Å². The van der Waals surface area contributed by atoms with E-state index < -0.39 is 0 Å². The van der Waals surface area contributed by atoms with Crippen LogP contribution in [0.3, 0.4) is 0 Å². The van der Waals surface area contributed by atoms with E-state index in [1.165, 1.54) is 6.33 Å². The fourth-order valence-electron chi connectivity index (χ4n) is 3.09. The lowest BCUT2D eigenvalue weighted by Gasteiger charge is -2.12. The summed E-state index contributed by atoms with van der Waals surface area (Å²) in [4.78, 5) is 16.7. The van der Waals surface area contributed by atoms with E-state index in [1.807, 2.05) is 73.1 Å². The molecule has 7 heteroatoms. The standard InChI is InChI=1S/C21H20N6O/c1-15-11-16(2)27(25-15)20-6-4-3-5-19(20)24-21(28)18-9-7-17(8-10-18)12-26-14-22-13-23-26/h3-11,13-14H,12H2,1-2H3,(H,24,28). The number of nitrogens with zero attached hydrogens (tertiary/aromatic N) is 5. The van der Waals surface area contributed by atoms with E-state index >= 15 is 0 Å². The SMILES string of the molecule is Cc1cc(C)n(-c2ccccc2NC(=O)c2ccc(Cn3cncn3)cc2)n1. The van der Waals surface area contributed by atoms with Crippen molar-refractivity contribution in [2.75, 3.05) is 5.32 Å². The first-order valence-electron chi connectivity index (χ1n) is 8.95. The normalized spacial score (nSPS) is 10.8. The van der Waals surface area contributed by atoms with Crippen LogP contribution in [0.5, 0.6) is 0 Å². The number of para-hydroxylation sites is 2. The van der Waals surface area contributed by atoms with Gasteiger partial charge in [0.1, 0.15) is 12.7 Å². The average Bonchev–Trinajstić information content (AvgIpc) is 3.32. The molecule has 0 saturated heterocycles. The van der Waals surface area contributed by atoms with E-state index in [0.29, 0.717) is 17.8 Å². The number of nitrogens with one attached hydrogen (secondary N) is 1. The van der Waals surface area contributed by atoms with Crippen LogP contribution in [-0.2, 0) is 6.54 Å². The van der Waals surface area contributed by atoms with Crippen molar-refractivity contribution >= 4 is 11.6 Å². The Labute approximate surface area is 162 Å². The van der Waals surface area contributed by atoms with Gasteiger partial charge in [0, 0.05) is 11.3 Å². The van der Waals surface area contributed by atoms with Gasteiger partial charge in [-0.15, -0.1) is 0 Å². The van der Waals surface area contributed by atoms with Crippen LogP contribution in [0.25, 0.3) is 5.69 Å². The molecule has 2 aromatic carbocycles. The van der Waals surface area contributed by atoms with E-state index in [4.69, 9.17) is 0 Å². The smallest absolute Gasteiger partial charge is 0.255 e. The highest BCUT2D eigenvalue weighted by Gasteiger charge is 2.12. The zero-order chi connectivity index (χ0) is 19.5. The van der Waals surface area contributed by atoms with Crippen molar-refractivity contribution in [3.63, 3.8) is 0 Å². The molecule has 0 aliphatic heterocycles. The average molecular weight is 372 g/mol. The Morgan fingerprint density at radius 1 is 1.07 bits per heavy atom. The van der Waals surface area contributed by atoms with E-state index in [-0.39, 0.29) is 5.91 Å². The summed E-state index contributed by atoms with van der Waals surface area (Å²) in [5, 5.41) is 11.6. The molecule has 28 heavy (non-hydrogen) atoms. The second kappa shape index (κ2) is 7.48. The minimum atomic E-state index is -0.165. The minimum absolute atomic E-state index is 0.165. The van der Waals surface area contributed by atoms with Gasteiger partial charge in [0.05, 0.1) is 23.6 Å². The number of carbonyl (C=O) groups is 1. The van der Waals surface area contributed by atoms with Gasteiger partial charge in [-0.05, 0) is 49.7 Å². The fourth-order valence-corrected chi connectivity index (χ4v) is 3.09. The van der Waals surface area contributed by atoms with Gasteiger partial charge in [-0.25, -0.2) is 14.3 Å². The third-order valence-electron chi connectivity index (χ3n) is 4.42. The third kappa shape index (κ3) is 3.68. The summed E-state index contributed by atoms with van der Waals surface area (Å²) in [6, 6.07) is 17.1. The largest absolute Gasteiger partial charge is 0.320 e. The molecule has 7 nitrogen and oxygen atoms in total. The maximum atomic E-state index is 12.7. The zero-order valence-electron chi connectivity index (χ0n) is 15.7. The number of hydrogen-bond acceptors (Lipinski definition) is 4. The molecule has 4 aromatic rings. The van der Waals surface area contributed by atoms with Crippen LogP contribution in [0, 0.1) is 13.8 Å². The van der Waals surface area contributed by atoms with Crippen LogP contribution in [0.15, 0.2) is 67.3 Å². The first-order valence-corrected chi connectivity index (χ1v) is 8.95. The summed E-state index contributed by atoms with van der Waals surface area (Å²) in [7, 11) is 0. The van der Waals surface area contributed by atoms with Gasteiger partial charge in [0.15, 0.2) is 0 Å². The number of hydrogen-bond donors (Lipinski definition) is 1. The minimum Gasteiger partial charge on any atom is -0.320 e. The van der Waals surface area contributed by atoms with Crippen LogP contribution < -0.4 is 5.32 Å². The molecule has 1 amide bonds. The molecule has 4 rings (SSSR count). The number of rotatable bonds is 5. The highest BCUT2D eigenvalue weighted by atomic mass is 16.1. The molecule has 2 aromatic heterocycles. The molecule has 0 atom stereocenters. The summed E-state index contributed by atoms with van der Waals surface area (Å²) in [6.45, 7) is 4.56. The quantitative estimate of drug-likeness (QED) is 0.583. The molecule has 0 unspecified atom stereocenters. The van der Waals surface area contributed by atoms with Gasteiger partial charge in [0.2, 0.25) is 0 Å². The second-order valence-corrected chi connectivity index (χ2v) is 6.60. The van der Waals surface area contributed by atoms with Crippen LogP contribution >= 0.6 is 0 Å². The number of benzene rings is 2. The van der Waals surface area contributed by atoms with E-state index in [2.05, 4.69) is 20.5 Å². The molecule has 0 fully saturated rings. The Morgan fingerprint density at radius 3 is 2.54 bits per heavy atom. The molecule has 2 heterocycles. The van der Waals surface area contributed by atoms with Crippen LogP contribution in [0.1, 0.15) is 27.3 Å². The monoisotopic (exact) mass is 372 g/mol. The van der Waals surface area contributed by atoms with Crippen molar-refractivity contribution in [3.05, 3.63) is 89.8 Å². The molecule has 0 saturated carbocycles. The van der Waals surface area contributed by atoms with E-state index in [1.54, 1.807) is 11.0 Å². The molecule has 0 aliphatic rings. The van der Waals surface area contributed by atoms with Crippen LogP contribution in [0.4, 0.5) is 5.69 Å². The second-order valence-electron chi connectivity index (χ2n) is 6.60. The fraction of sp³-hybridized carbons (Fsp3) is 0.143. The molecular weight excluding hydrogens is 352 g/mol. The van der Waals surface area contributed by atoms with E-state index in [9.17, 15) is 4.79 Å². The molecule has 140 valence electrons. The molecule has 0 spiro atoms. The van der Waals surface area contributed by atoms with Crippen molar-refractivity contribution < 1.29 is 4.79 Å². The molecule has 0 bridgehead atoms. The third-order valence-corrected chi connectivity index (χ3v) is 4.42. The molecule has 1 N–H and O–H groups in total. The van der Waals surface area contributed by atoms with Gasteiger partial charge < -0.3 is 5.32 Å². The number of carbonyl (C=O) groups excluding carboxylic acids is 1. The summed E-state index contributed by atoms with van der Waals surface area (Å²) in [5.74, 6) is -0.165. The lowest BCUT2D eigenvalue weighted by atomic mass is 10.1. The van der Waals surface area contributed by atoms with Gasteiger partial charge in [-0.2, -0.15) is 10.2 Å².